The van der Waals surface area contributed by atoms with Crippen LogP contribution in [-0.2, 0) is 0 Å². The predicted molar refractivity (Wildman–Crippen MR) is 47.9 cm³/mol. The van der Waals surface area contributed by atoms with Crippen molar-refractivity contribution in [3.05, 3.63) is 20.8 Å². The van der Waals surface area contributed by atoms with Gasteiger partial charge in [0.05, 0.1) is 8.66 Å². The summed E-state index contributed by atoms with van der Waals surface area (Å²) < 4.78 is 1.02. The van der Waals surface area contributed by atoms with Crippen molar-refractivity contribution in [2.45, 2.75) is 0 Å². The Morgan fingerprint density at radius 3 is 2.73 bits per heavy atom. The number of nitrogens with zero attached hydrogens (tertiary/aromatic N) is 1. The molecule has 1 saturated heterocycles. The summed E-state index contributed by atoms with van der Waals surface area (Å²) >= 11 is 4.81. The third-order valence-corrected chi connectivity index (χ3v) is 3.13. The fraction of sp³-hybridized carbons (Fsp3) is 0.286. The first kappa shape index (κ1) is 7.31. The summed E-state index contributed by atoms with van der Waals surface area (Å²) in [6.45, 7) is 1.85. The van der Waals surface area contributed by atoms with Gasteiger partial charge in [-0.3, -0.25) is 4.79 Å². The predicted octanol–water partition coefficient (Wildman–Crippen LogP) is 1.97. The summed E-state index contributed by atoms with van der Waals surface area (Å²) in [5.41, 5.74) is 0. The first-order valence-corrected chi connectivity index (χ1v) is 4.93. The fourth-order valence-corrected chi connectivity index (χ4v) is 2.19. The quantitative estimate of drug-likeness (QED) is 0.678. The van der Waals surface area contributed by atoms with Crippen molar-refractivity contribution in [2.75, 3.05) is 13.1 Å². The zero-order valence-corrected chi connectivity index (χ0v) is 8.11. The molecule has 0 unspecified atom stereocenters. The Bertz CT molecular complexity index is 292. The molecule has 1 fully saturated rings. The van der Waals surface area contributed by atoms with Crippen LogP contribution in [0.3, 0.4) is 0 Å². The lowest BCUT2D eigenvalue weighted by Gasteiger charge is -1.94. The molecular weight excluding hydrogens is 226 g/mol. The standard InChI is InChI=1S/C7H6BrNOS/c8-6-2-1-5(11-6)7(10)9-3-4-9/h1-2H,3-4H2. The zero-order valence-electron chi connectivity index (χ0n) is 5.71. The number of thiophene rings is 1. The molecule has 0 aliphatic carbocycles. The summed E-state index contributed by atoms with van der Waals surface area (Å²) in [5, 5.41) is 0. The Labute approximate surface area is 76.9 Å². The van der Waals surface area contributed by atoms with Gasteiger partial charge in [0, 0.05) is 13.1 Å². The average molecular weight is 232 g/mol. The normalized spacial score (nSPS) is 15.2. The molecule has 2 rings (SSSR count). The van der Waals surface area contributed by atoms with E-state index in [1.807, 2.05) is 17.0 Å². The van der Waals surface area contributed by atoms with Crippen LogP contribution in [0.1, 0.15) is 9.67 Å². The van der Waals surface area contributed by atoms with E-state index in [-0.39, 0.29) is 5.91 Å². The molecule has 0 bridgehead atoms. The van der Waals surface area contributed by atoms with Gasteiger partial charge < -0.3 is 4.90 Å². The number of amides is 1. The minimum atomic E-state index is 0.167. The van der Waals surface area contributed by atoms with Gasteiger partial charge in [-0.15, -0.1) is 11.3 Å². The van der Waals surface area contributed by atoms with E-state index in [9.17, 15) is 4.79 Å². The van der Waals surface area contributed by atoms with Gasteiger partial charge in [0.25, 0.3) is 5.91 Å². The van der Waals surface area contributed by atoms with E-state index < -0.39 is 0 Å². The highest BCUT2D eigenvalue weighted by Crippen LogP contribution is 2.24. The molecule has 1 aliphatic heterocycles. The summed E-state index contributed by atoms with van der Waals surface area (Å²) in [4.78, 5) is 14.0. The second-order valence-corrected chi connectivity index (χ2v) is 4.86. The number of hydrogen-bond donors (Lipinski definition) is 0. The second-order valence-electron chi connectivity index (χ2n) is 2.40. The van der Waals surface area contributed by atoms with Gasteiger partial charge in [-0.1, -0.05) is 0 Å². The third-order valence-electron chi connectivity index (χ3n) is 1.52. The Kier molecular flexibility index (Phi) is 1.73. The van der Waals surface area contributed by atoms with E-state index in [1.54, 1.807) is 0 Å². The molecule has 1 aromatic rings. The summed E-state index contributed by atoms with van der Waals surface area (Å²) in [7, 11) is 0. The highest BCUT2D eigenvalue weighted by atomic mass is 79.9. The topological polar surface area (TPSA) is 20.1 Å². The molecule has 0 aromatic carbocycles. The summed E-state index contributed by atoms with van der Waals surface area (Å²) in [6, 6.07) is 3.76. The Morgan fingerprint density at radius 1 is 1.55 bits per heavy atom. The van der Waals surface area contributed by atoms with Crippen LogP contribution in [0.15, 0.2) is 15.9 Å². The van der Waals surface area contributed by atoms with E-state index in [1.165, 1.54) is 11.3 Å². The smallest absolute Gasteiger partial charge is 0.264 e. The largest absolute Gasteiger partial charge is 0.334 e. The van der Waals surface area contributed by atoms with E-state index >= 15 is 0 Å². The van der Waals surface area contributed by atoms with Gasteiger partial charge in [0.1, 0.15) is 0 Å². The molecule has 58 valence electrons. The van der Waals surface area contributed by atoms with Crippen molar-refractivity contribution < 1.29 is 4.79 Å². The number of hydrogen-bond acceptors (Lipinski definition) is 2. The zero-order chi connectivity index (χ0) is 7.84. The number of carbonyl (C=O) groups excluding carboxylic acids is 1. The van der Waals surface area contributed by atoms with Gasteiger partial charge >= 0.3 is 0 Å². The van der Waals surface area contributed by atoms with E-state index in [4.69, 9.17) is 0 Å². The molecule has 0 saturated carbocycles. The third kappa shape index (κ3) is 1.46. The molecule has 11 heavy (non-hydrogen) atoms. The molecule has 0 radical (unpaired) electrons. The van der Waals surface area contributed by atoms with Crippen LogP contribution in [0.25, 0.3) is 0 Å². The van der Waals surface area contributed by atoms with Gasteiger partial charge in [0.2, 0.25) is 0 Å². The van der Waals surface area contributed by atoms with E-state index in [2.05, 4.69) is 15.9 Å². The van der Waals surface area contributed by atoms with Crippen molar-refractivity contribution in [1.82, 2.24) is 4.90 Å². The molecule has 2 nitrogen and oxygen atoms in total. The Balaban J connectivity index is 2.21. The highest BCUT2D eigenvalue weighted by Gasteiger charge is 2.25. The highest BCUT2D eigenvalue weighted by molar-refractivity contribution is 9.11. The lowest BCUT2D eigenvalue weighted by molar-refractivity contribution is 0.0890. The maximum Gasteiger partial charge on any atom is 0.264 e. The van der Waals surface area contributed by atoms with Gasteiger partial charge in [-0.2, -0.15) is 0 Å². The number of halogens is 1. The number of rotatable bonds is 1. The SMILES string of the molecule is O=C(c1ccc(Br)s1)N1CC1. The van der Waals surface area contributed by atoms with Crippen molar-refractivity contribution in [3.63, 3.8) is 0 Å². The maximum absolute atomic E-state index is 11.3. The van der Waals surface area contributed by atoms with Gasteiger partial charge in [-0.25, -0.2) is 0 Å². The minimum Gasteiger partial charge on any atom is -0.334 e. The van der Waals surface area contributed by atoms with Crippen molar-refractivity contribution in [3.8, 4) is 0 Å². The average Bonchev–Trinajstić information content (AvgIpc) is 2.74. The van der Waals surface area contributed by atoms with Gasteiger partial charge in [0.15, 0.2) is 0 Å². The molecule has 1 amide bonds. The van der Waals surface area contributed by atoms with Crippen LogP contribution < -0.4 is 0 Å². The summed E-state index contributed by atoms with van der Waals surface area (Å²) in [6.07, 6.45) is 0. The molecular formula is C7H6BrNOS. The second kappa shape index (κ2) is 2.60. The van der Waals surface area contributed by atoms with Crippen molar-refractivity contribution in [1.29, 1.82) is 0 Å². The molecule has 0 N–H and O–H groups in total. The lowest BCUT2D eigenvalue weighted by Crippen LogP contribution is -2.07. The van der Waals surface area contributed by atoms with Crippen LogP contribution in [0.4, 0.5) is 0 Å². The molecule has 1 aliphatic rings. The van der Waals surface area contributed by atoms with Crippen LogP contribution in [0.5, 0.6) is 0 Å². The lowest BCUT2D eigenvalue weighted by atomic mass is 10.4. The van der Waals surface area contributed by atoms with Gasteiger partial charge in [-0.05, 0) is 28.1 Å². The molecule has 1 aromatic heterocycles. The van der Waals surface area contributed by atoms with Crippen molar-refractivity contribution >= 4 is 33.2 Å². The first-order valence-electron chi connectivity index (χ1n) is 3.32. The monoisotopic (exact) mass is 231 g/mol. The molecule has 2 heterocycles. The van der Waals surface area contributed by atoms with E-state index in [0.29, 0.717) is 0 Å². The molecule has 0 spiro atoms. The fourth-order valence-electron chi connectivity index (χ4n) is 0.838. The van der Waals surface area contributed by atoms with Crippen LogP contribution in [0, 0.1) is 0 Å². The molecule has 4 heteroatoms. The van der Waals surface area contributed by atoms with Crippen LogP contribution >= 0.6 is 27.3 Å². The maximum atomic E-state index is 11.3. The summed E-state index contributed by atoms with van der Waals surface area (Å²) in [5.74, 6) is 0.167. The Hall–Kier alpha value is -0.350. The van der Waals surface area contributed by atoms with E-state index in [0.717, 1.165) is 21.8 Å². The minimum absolute atomic E-state index is 0.167. The molecule has 0 atom stereocenters. The van der Waals surface area contributed by atoms with Crippen molar-refractivity contribution in [2.24, 2.45) is 0 Å². The number of carbonyl (C=O) groups is 1. The van der Waals surface area contributed by atoms with Crippen LogP contribution in [0.2, 0.25) is 0 Å². The van der Waals surface area contributed by atoms with Crippen LogP contribution in [-0.4, -0.2) is 23.9 Å². The first-order chi connectivity index (χ1) is 5.27. The Morgan fingerprint density at radius 2 is 2.27 bits per heavy atom.